The standard InChI is InChI=1S/C23H24F3N3O3/c24-23(25,26)18-4-1-5-19(14-18)28-8-10-29(11-9-28)22(30)17-27(15-20-6-2-12-31-20)16-21-7-3-13-32-21/h1-7,12-14H,8-11,15-17H2. The molecule has 0 atom stereocenters. The minimum absolute atomic E-state index is 0.0354. The fourth-order valence-electron chi connectivity index (χ4n) is 3.80. The minimum atomic E-state index is -4.38. The molecule has 0 radical (unpaired) electrons. The molecular weight excluding hydrogens is 423 g/mol. The Labute approximate surface area is 183 Å². The number of benzene rings is 1. The van der Waals surface area contributed by atoms with Crippen molar-refractivity contribution in [2.45, 2.75) is 19.3 Å². The number of nitrogens with zero attached hydrogens (tertiary/aromatic N) is 3. The van der Waals surface area contributed by atoms with Crippen LogP contribution in [0.5, 0.6) is 0 Å². The van der Waals surface area contributed by atoms with Crippen molar-refractivity contribution >= 4 is 11.6 Å². The molecule has 0 aliphatic carbocycles. The summed E-state index contributed by atoms with van der Waals surface area (Å²) in [6.07, 6.45) is -1.19. The molecule has 3 aromatic rings. The Morgan fingerprint density at radius 1 is 0.906 bits per heavy atom. The lowest BCUT2D eigenvalue weighted by Crippen LogP contribution is -2.51. The number of hydrogen-bond donors (Lipinski definition) is 0. The third-order valence-corrected chi connectivity index (χ3v) is 5.45. The van der Waals surface area contributed by atoms with E-state index in [0.29, 0.717) is 45.0 Å². The summed E-state index contributed by atoms with van der Waals surface area (Å²) < 4.78 is 49.9. The maximum Gasteiger partial charge on any atom is 0.416 e. The SMILES string of the molecule is O=C(CN(Cc1ccco1)Cc1ccco1)N1CCN(c2cccc(C(F)(F)F)c2)CC1. The average Bonchev–Trinajstić information content (AvgIpc) is 3.48. The van der Waals surface area contributed by atoms with Gasteiger partial charge in [-0.1, -0.05) is 6.07 Å². The Morgan fingerprint density at radius 3 is 2.06 bits per heavy atom. The smallest absolute Gasteiger partial charge is 0.416 e. The molecule has 1 fully saturated rings. The van der Waals surface area contributed by atoms with Crippen LogP contribution < -0.4 is 4.90 Å². The van der Waals surface area contributed by atoms with Crippen LogP contribution in [0.1, 0.15) is 17.1 Å². The molecule has 0 N–H and O–H groups in total. The van der Waals surface area contributed by atoms with Gasteiger partial charge in [-0.2, -0.15) is 13.2 Å². The number of rotatable bonds is 7. The third-order valence-electron chi connectivity index (χ3n) is 5.45. The maximum atomic E-state index is 13.0. The number of alkyl halides is 3. The predicted octanol–water partition coefficient (Wildman–Crippen LogP) is 4.24. The van der Waals surface area contributed by atoms with Gasteiger partial charge in [0.15, 0.2) is 0 Å². The van der Waals surface area contributed by atoms with Crippen LogP contribution in [-0.4, -0.2) is 48.4 Å². The molecule has 0 unspecified atom stereocenters. The van der Waals surface area contributed by atoms with Gasteiger partial charge in [-0.3, -0.25) is 9.69 Å². The fourth-order valence-corrected chi connectivity index (χ4v) is 3.80. The van der Waals surface area contributed by atoms with Crippen molar-refractivity contribution in [2.75, 3.05) is 37.6 Å². The summed E-state index contributed by atoms with van der Waals surface area (Å²) in [6, 6.07) is 12.6. The van der Waals surface area contributed by atoms with Crippen molar-refractivity contribution in [3.05, 3.63) is 78.1 Å². The van der Waals surface area contributed by atoms with E-state index in [1.165, 1.54) is 6.07 Å². The van der Waals surface area contributed by atoms with Gasteiger partial charge in [-0.15, -0.1) is 0 Å². The summed E-state index contributed by atoms with van der Waals surface area (Å²) in [5.74, 6) is 1.46. The Hall–Kier alpha value is -3.20. The lowest BCUT2D eigenvalue weighted by molar-refractivity contribution is -0.137. The first kappa shape index (κ1) is 22.0. The summed E-state index contributed by atoms with van der Waals surface area (Å²) in [6.45, 7) is 2.96. The molecule has 2 aromatic heterocycles. The van der Waals surface area contributed by atoms with E-state index in [-0.39, 0.29) is 12.5 Å². The highest BCUT2D eigenvalue weighted by molar-refractivity contribution is 5.78. The molecule has 4 rings (SSSR count). The molecule has 1 aliphatic rings. The van der Waals surface area contributed by atoms with Crippen molar-refractivity contribution in [3.8, 4) is 0 Å². The molecule has 1 aromatic carbocycles. The molecule has 1 saturated heterocycles. The highest BCUT2D eigenvalue weighted by atomic mass is 19.4. The molecule has 1 amide bonds. The van der Waals surface area contributed by atoms with E-state index in [0.717, 1.165) is 23.7 Å². The number of piperazine rings is 1. The number of anilines is 1. The maximum absolute atomic E-state index is 13.0. The van der Waals surface area contributed by atoms with Crippen molar-refractivity contribution in [1.29, 1.82) is 0 Å². The van der Waals surface area contributed by atoms with E-state index in [4.69, 9.17) is 8.83 Å². The summed E-state index contributed by atoms with van der Waals surface area (Å²) in [5.41, 5.74) is -0.149. The largest absolute Gasteiger partial charge is 0.468 e. The second-order valence-electron chi connectivity index (χ2n) is 7.72. The predicted molar refractivity (Wildman–Crippen MR) is 112 cm³/mol. The molecule has 3 heterocycles. The van der Waals surface area contributed by atoms with Crippen LogP contribution in [0.4, 0.5) is 18.9 Å². The van der Waals surface area contributed by atoms with E-state index < -0.39 is 11.7 Å². The van der Waals surface area contributed by atoms with Gasteiger partial charge in [-0.05, 0) is 42.5 Å². The van der Waals surface area contributed by atoms with Crippen molar-refractivity contribution in [2.24, 2.45) is 0 Å². The zero-order chi connectivity index (χ0) is 22.6. The number of hydrogen-bond acceptors (Lipinski definition) is 5. The molecule has 0 spiro atoms. The van der Waals surface area contributed by atoms with E-state index in [1.807, 2.05) is 21.9 Å². The topological polar surface area (TPSA) is 53.1 Å². The lowest BCUT2D eigenvalue weighted by Gasteiger charge is -2.37. The van der Waals surface area contributed by atoms with Crippen molar-refractivity contribution in [1.82, 2.24) is 9.80 Å². The zero-order valence-corrected chi connectivity index (χ0v) is 17.4. The van der Waals surface area contributed by atoms with E-state index in [2.05, 4.69) is 0 Å². The Morgan fingerprint density at radius 2 is 1.53 bits per heavy atom. The van der Waals surface area contributed by atoms with Gasteiger partial charge >= 0.3 is 6.18 Å². The third kappa shape index (κ3) is 5.53. The van der Waals surface area contributed by atoms with Gasteiger partial charge < -0.3 is 18.6 Å². The van der Waals surface area contributed by atoms with E-state index in [9.17, 15) is 18.0 Å². The van der Waals surface area contributed by atoms with Crippen LogP contribution >= 0.6 is 0 Å². The first-order valence-corrected chi connectivity index (χ1v) is 10.4. The normalized spacial score (nSPS) is 14.9. The molecule has 170 valence electrons. The van der Waals surface area contributed by atoms with Crippen LogP contribution in [0.3, 0.4) is 0 Å². The van der Waals surface area contributed by atoms with Gasteiger partial charge in [0.2, 0.25) is 5.91 Å². The second kappa shape index (κ2) is 9.52. The fraction of sp³-hybridized carbons (Fsp3) is 0.348. The molecular formula is C23H24F3N3O3. The summed E-state index contributed by atoms with van der Waals surface area (Å²) >= 11 is 0. The summed E-state index contributed by atoms with van der Waals surface area (Å²) in [7, 11) is 0. The van der Waals surface area contributed by atoms with Crippen LogP contribution in [0.15, 0.2) is 69.9 Å². The molecule has 1 aliphatic heterocycles. The number of furan rings is 2. The number of halogens is 3. The molecule has 32 heavy (non-hydrogen) atoms. The van der Waals surface area contributed by atoms with Crippen LogP contribution in [0, 0.1) is 0 Å². The first-order chi connectivity index (χ1) is 15.4. The zero-order valence-electron chi connectivity index (χ0n) is 17.4. The van der Waals surface area contributed by atoms with Gasteiger partial charge in [0.05, 0.1) is 37.7 Å². The van der Waals surface area contributed by atoms with Crippen LogP contribution in [0.25, 0.3) is 0 Å². The number of amides is 1. The minimum Gasteiger partial charge on any atom is -0.468 e. The van der Waals surface area contributed by atoms with E-state index in [1.54, 1.807) is 35.6 Å². The highest BCUT2D eigenvalue weighted by Crippen LogP contribution is 2.31. The van der Waals surface area contributed by atoms with Gasteiger partial charge in [0.25, 0.3) is 0 Å². The highest BCUT2D eigenvalue weighted by Gasteiger charge is 2.31. The second-order valence-corrected chi connectivity index (χ2v) is 7.72. The Bertz CT molecular complexity index is 959. The molecule has 0 bridgehead atoms. The number of carbonyl (C=O) groups excluding carboxylic acids is 1. The van der Waals surface area contributed by atoms with Crippen molar-refractivity contribution < 1.29 is 26.8 Å². The molecule has 6 nitrogen and oxygen atoms in total. The van der Waals surface area contributed by atoms with Crippen LogP contribution in [0.2, 0.25) is 0 Å². The summed E-state index contributed by atoms with van der Waals surface area (Å²) in [4.78, 5) is 18.5. The van der Waals surface area contributed by atoms with Gasteiger partial charge in [0.1, 0.15) is 11.5 Å². The average molecular weight is 447 g/mol. The Balaban J connectivity index is 1.35. The van der Waals surface area contributed by atoms with Gasteiger partial charge in [-0.25, -0.2) is 0 Å². The monoisotopic (exact) mass is 447 g/mol. The summed E-state index contributed by atoms with van der Waals surface area (Å²) in [5, 5.41) is 0. The van der Waals surface area contributed by atoms with E-state index >= 15 is 0 Å². The quantitative estimate of drug-likeness (QED) is 0.542. The molecule has 9 heteroatoms. The van der Waals surface area contributed by atoms with Gasteiger partial charge in [0, 0.05) is 31.9 Å². The molecule has 0 saturated carbocycles. The lowest BCUT2D eigenvalue weighted by atomic mass is 10.1. The number of carbonyl (C=O) groups is 1. The Kier molecular flexibility index (Phi) is 6.55. The van der Waals surface area contributed by atoms with Crippen molar-refractivity contribution in [3.63, 3.8) is 0 Å². The van der Waals surface area contributed by atoms with Crippen LogP contribution in [-0.2, 0) is 24.1 Å². The first-order valence-electron chi connectivity index (χ1n) is 10.4.